The van der Waals surface area contributed by atoms with Gasteiger partial charge in [-0.05, 0) is 23.6 Å². The lowest BCUT2D eigenvalue weighted by molar-refractivity contribution is 0.0341. The average molecular weight is 396 g/mol. The van der Waals surface area contributed by atoms with Crippen molar-refractivity contribution in [2.45, 2.75) is 45.3 Å². The maximum absolute atomic E-state index is 12.6. The summed E-state index contributed by atoms with van der Waals surface area (Å²) in [4.78, 5) is 15.0. The van der Waals surface area contributed by atoms with E-state index >= 15 is 0 Å². The Kier molecular flexibility index (Phi) is 7.29. The zero-order chi connectivity index (χ0) is 20.7. The van der Waals surface area contributed by atoms with Gasteiger partial charge >= 0.3 is 6.03 Å². The predicted octanol–water partition coefficient (Wildman–Crippen LogP) is 3.68. The van der Waals surface area contributed by atoms with E-state index in [4.69, 9.17) is 4.74 Å². The summed E-state index contributed by atoms with van der Waals surface area (Å²) < 4.78 is 5.44. The number of amides is 2. The second-order valence-corrected chi connectivity index (χ2v) is 8.29. The number of carbonyl (C=O) groups is 1. The number of nitrogens with zero attached hydrogens (tertiary/aromatic N) is 1. The molecule has 5 nitrogen and oxygen atoms in total. The van der Waals surface area contributed by atoms with Gasteiger partial charge in [-0.15, -0.1) is 0 Å². The van der Waals surface area contributed by atoms with E-state index < -0.39 is 0 Å². The smallest absolute Gasteiger partial charge is 0.315 e. The highest BCUT2D eigenvalue weighted by Crippen LogP contribution is 2.26. The summed E-state index contributed by atoms with van der Waals surface area (Å²) in [6.07, 6.45) is 0. The fourth-order valence-corrected chi connectivity index (χ4v) is 3.61. The van der Waals surface area contributed by atoms with Gasteiger partial charge in [0.15, 0.2) is 0 Å². The molecule has 2 N–H and O–H groups in total. The van der Waals surface area contributed by atoms with Crippen molar-refractivity contribution in [2.24, 2.45) is 0 Å². The minimum absolute atomic E-state index is 0.00602. The number of nitrogens with one attached hydrogen (secondary N) is 2. The first-order chi connectivity index (χ1) is 14.0. The third kappa shape index (κ3) is 5.81. The van der Waals surface area contributed by atoms with Crippen LogP contribution in [0.25, 0.3) is 0 Å². The molecule has 1 unspecified atom stereocenters. The second kappa shape index (κ2) is 9.90. The summed E-state index contributed by atoms with van der Waals surface area (Å²) in [5, 5.41) is 6.15. The van der Waals surface area contributed by atoms with Gasteiger partial charge in [-0.1, -0.05) is 68.4 Å². The summed E-state index contributed by atoms with van der Waals surface area (Å²) in [5.41, 5.74) is 3.47. The Balaban J connectivity index is 1.55. The molecule has 1 aliphatic heterocycles. The van der Waals surface area contributed by atoms with Crippen molar-refractivity contribution in [1.82, 2.24) is 15.5 Å². The lowest BCUT2D eigenvalue weighted by atomic mass is 9.78. The maximum Gasteiger partial charge on any atom is 0.315 e. The molecule has 5 heteroatoms. The van der Waals surface area contributed by atoms with E-state index in [1.54, 1.807) is 0 Å². The Labute approximate surface area is 174 Å². The molecular weight excluding hydrogens is 362 g/mol. The van der Waals surface area contributed by atoms with Crippen LogP contribution in [-0.2, 0) is 23.2 Å². The number of urea groups is 1. The predicted molar refractivity (Wildman–Crippen MR) is 117 cm³/mol. The quantitative estimate of drug-likeness (QED) is 0.752. The van der Waals surface area contributed by atoms with Gasteiger partial charge in [0, 0.05) is 37.6 Å². The fraction of sp³-hybridized carbons (Fsp3) is 0.458. The van der Waals surface area contributed by atoms with Gasteiger partial charge in [-0.3, -0.25) is 4.90 Å². The van der Waals surface area contributed by atoms with E-state index in [0.717, 1.165) is 38.4 Å². The van der Waals surface area contributed by atoms with Crippen molar-refractivity contribution in [2.75, 3.05) is 26.3 Å². The molecule has 1 atom stereocenters. The highest BCUT2D eigenvalue weighted by Gasteiger charge is 2.29. The maximum atomic E-state index is 12.6. The lowest BCUT2D eigenvalue weighted by Gasteiger charge is -2.33. The van der Waals surface area contributed by atoms with Gasteiger partial charge in [0.2, 0.25) is 0 Å². The zero-order valence-electron chi connectivity index (χ0n) is 17.8. The molecule has 2 aromatic carbocycles. The Morgan fingerprint density at radius 1 is 1.03 bits per heavy atom. The number of hydrogen-bond acceptors (Lipinski definition) is 3. The van der Waals surface area contributed by atoms with E-state index in [1.165, 1.54) is 11.1 Å². The normalized spacial score (nSPS) is 16.2. The minimum Gasteiger partial charge on any atom is -0.379 e. The lowest BCUT2D eigenvalue weighted by Crippen LogP contribution is -2.49. The summed E-state index contributed by atoms with van der Waals surface area (Å²) in [6.45, 7) is 11.3. The van der Waals surface area contributed by atoms with Crippen molar-refractivity contribution in [1.29, 1.82) is 0 Å². The van der Waals surface area contributed by atoms with Gasteiger partial charge in [-0.2, -0.15) is 0 Å². The monoisotopic (exact) mass is 395 g/mol. The number of benzene rings is 2. The molecule has 0 bridgehead atoms. The van der Waals surface area contributed by atoms with Gasteiger partial charge in [0.1, 0.15) is 0 Å². The van der Waals surface area contributed by atoms with Crippen molar-refractivity contribution in [3.63, 3.8) is 0 Å². The molecule has 1 saturated heterocycles. The average Bonchev–Trinajstić information content (AvgIpc) is 2.74. The minimum atomic E-state index is -0.160. The van der Waals surface area contributed by atoms with Crippen LogP contribution in [0.1, 0.15) is 37.5 Å². The van der Waals surface area contributed by atoms with Gasteiger partial charge in [0.05, 0.1) is 13.2 Å². The first-order valence-electron chi connectivity index (χ1n) is 10.4. The highest BCUT2D eigenvalue weighted by atomic mass is 16.5. The molecule has 2 aromatic rings. The van der Waals surface area contributed by atoms with Crippen LogP contribution in [0.15, 0.2) is 54.6 Å². The summed E-state index contributed by atoms with van der Waals surface area (Å²) in [5.74, 6) is 0. The van der Waals surface area contributed by atoms with E-state index in [9.17, 15) is 4.79 Å². The van der Waals surface area contributed by atoms with E-state index in [-0.39, 0.29) is 17.5 Å². The molecule has 2 amide bonds. The fourth-order valence-electron chi connectivity index (χ4n) is 3.61. The van der Waals surface area contributed by atoms with Crippen molar-refractivity contribution >= 4 is 6.03 Å². The van der Waals surface area contributed by atoms with Crippen molar-refractivity contribution < 1.29 is 9.53 Å². The zero-order valence-corrected chi connectivity index (χ0v) is 17.8. The Morgan fingerprint density at radius 3 is 2.34 bits per heavy atom. The van der Waals surface area contributed by atoms with Crippen LogP contribution in [0.2, 0.25) is 0 Å². The summed E-state index contributed by atoms with van der Waals surface area (Å²) in [6, 6.07) is 18.5. The van der Waals surface area contributed by atoms with Crippen molar-refractivity contribution in [3.05, 3.63) is 71.3 Å². The number of hydrogen-bond donors (Lipinski definition) is 2. The number of morpholine rings is 1. The highest BCUT2D eigenvalue weighted by molar-refractivity contribution is 5.74. The summed E-state index contributed by atoms with van der Waals surface area (Å²) in [7, 11) is 0. The molecule has 0 radical (unpaired) electrons. The Bertz CT molecular complexity index is 786. The standard InChI is InChI=1S/C24H33N3O2/c1-19(24(2,3)22-11-5-4-6-12-22)26-23(28)25-17-20-9-7-8-10-21(20)18-27-13-15-29-16-14-27/h4-12,19H,13-18H2,1-3H3,(H2,25,26,28). The molecule has 0 aromatic heterocycles. The van der Waals surface area contributed by atoms with Gasteiger partial charge in [0.25, 0.3) is 0 Å². The molecule has 156 valence electrons. The van der Waals surface area contributed by atoms with Crippen LogP contribution < -0.4 is 10.6 Å². The van der Waals surface area contributed by atoms with E-state index in [0.29, 0.717) is 6.54 Å². The number of ether oxygens (including phenoxy) is 1. The number of rotatable bonds is 7. The molecule has 29 heavy (non-hydrogen) atoms. The molecule has 1 fully saturated rings. The van der Waals surface area contributed by atoms with Crippen LogP contribution in [0.4, 0.5) is 4.79 Å². The van der Waals surface area contributed by atoms with E-state index in [2.05, 4.69) is 66.6 Å². The van der Waals surface area contributed by atoms with E-state index in [1.807, 2.05) is 24.3 Å². The van der Waals surface area contributed by atoms with Crippen molar-refractivity contribution in [3.8, 4) is 0 Å². The largest absolute Gasteiger partial charge is 0.379 e. The van der Waals surface area contributed by atoms with Crippen LogP contribution in [0.5, 0.6) is 0 Å². The van der Waals surface area contributed by atoms with Crippen LogP contribution in [0.3, 0.4) is 0 Å². The first kappa shape index (κ1) is 21.3. The SMILES string of the molecule is CC(NC(=O)NCc1ccccc1CN1CCOCC1)C(C)(C)c1ccccc1. The van der Waals surface area contributed by atoms with Crippen LogP contribution >= 0.6 is 0 Å². The Morgan fingerprint density at radius 2 is 1.66 bits per heavy atom. The number of carbonyl (C=O) groups excluding carboxylic acids is 1. The molecular formula is C24H33N3O2. The molecule has 3 rings (SSSR count). The second-order valence-electron chi connectivity index (χ2n) is 8.29. The molecule has 0 saturated carbocycles. The Hall–Kier alpha value is -2.37. The molecule has 0 aliphatic carbocycles. The third-order valence-corrected chi connectivity index (χ3v) is 6.00. The topological polar surface area (TPSA) is 53.6 Å². The third-order valence-electron chi connectivity index (χ3n) is 6.00. The van der Waals surface area contributed by atoms with Crippen LogP contribution in [0, 0.1) is 0 Å². The van der Waals surface area contributed by atoms with Crippen LogP contribution in [-0.4, -0.2) is 43.3 Å². The van der Waals surface area contributed by atoms with Gasteiger partial charge in [-0.25, -0.2) is 4.79 Å². The van der Waals surface area contributed by atoms with Gasteiger partial charge < -0.3 is 15.4 Å². The molecule has 1 heterocycles. The summed E-state index contributed by atoms with van der Waals surface area (Å²) >= 11 is 0. The molecule has 0 spiro atoms. The molecule has 1 aliphatic rings. The first-order valence-corrected chi connectivity index (χ1v) is 10.4.